The Morgan fingerprint density at radius 2 is 2.41 bits per heavy atom. The number of nitrogens with one attached hydrogen (secondary N) is 1. The molecule has 0 radical (unpaired) electrons. The quantitative estimate of drug-likeness (QED) is 0.340. The van der Waals surface area contributed by atoms with E-state index in [9.17, 15) is 10.1 Å². The molecule has 0 spiro atoms. The fraction of sp³-hybridized carbons (Fsp3) is 0.300. The third-order valence-electron chi connectivity index (χ3n) is 1.85. The van der Waals surface area contributed by atoms with Crippen LogP contribution in [0.25, 0.3) is 0 Å². The van der Waals surface area contributed by atoms with Crippen molar-refractivity contribution in [2.75, 3.05) is 6.61 Å². The highest BCUT2D eigenvalue weighted by atomic mass is 16.7. The number of hydrogen-bond donors (Lipinski definition) is 2. The second-order valence-corrected chi connectivity index (χ2v) is 3.15. The van der Waals surface area contributed by atoms with E-state index in [1.54, 1.807) is 5.43 Å². The Morgan fingerprint density at radius 3 is 3.06 bits per heavy atom. The van der Waals surface area contributed by atoms with Gasteiger partial charge in [-0.3, -0.25) is 0 Å². The Morgan fingerprint density at radius 1 is 1.65 bits per heavy atom. The maximum atomic E-state index is 10.1. The fourth-order valence-corrected chi connectivity index (χ4v) is 1.21. The van der Waals surface area contributed by atoms with Crippen molar-refractivity contribution >= 4 is 5.96 Å². The molecule has 0 saturated heterocycles. The minimum Gasteiger partial charge on any atom is -0.494 e. The molecule has 0 aliphatic rings. The first-order valence-electron chi connectivity index (χ1n) is 5.04. The van der Waals surface area contributed by atoms with E-state index in [0.717, 1.165) is 11.3 Å². The van der Waals surface area contributed by atoms with Crippen LogP contribution in [0.3, 0.4) is 0 Å². The van der Waals surface area contributed by atoms with Crippen LogP contribution in [0.15, 0.2) is 29.3 Å². The van der Waals surface area contributed by atoms with Crippen molar-refractivity contribution in [2.24, 2.45) is 10.7 Å². The van der Waals surface area contributed by atoms with Gasteiger partial charge in [0.05, 0.1) is 13.2 Å². The molecular weight excluding hydrogens is 224 g/mol. The summed E-state index contributed by atoms with van der Waals surface area (Å²) in [4.78, 5) is 13.9. The predicted octanol–water partition coefficient (Wildman–Crippen LogP) is 0.681. The highest BCUT2D eigenvalue weighted by Crippen LogP contribution is 2.13. The number of rotatable bonds is 5. The van der Waals surface area contributed by atoms with Crippen LogP contribution >= 0.6 is 0 Å². The van der Waals surface area contributed by atoms with E-state index in [2.05, 4.69) is 4.99 Å². The summed E-state index contributed by atoms with van der Waals surface area (Å²) < 4.78 is 5.31. The van der Waals surface area contributed by atoms with Gasteiger partial charge in [-0.1, -0.05) is 17.6 Å². The minimum atomic E-state index is -0.755. The zero-order valence-electron chi connectivity index (χ0n) is 9.42. The van der Waals surface area contributed by atoms with Crippen molar-refractivity contribution in [3.05, 3.63) is 39.9 Å². The first-order valence-corrected chi connectivity index (χ1v) is 5.04. The van der Waals surface area contributed by atoms with Gasteiger partial charge < -0.3 is 10.5 Å². The molecule has 0 amide bonds. The molecule has 0 aliphatic carbocycles. The molecule has 0 heterocycles. The van der Waals surface area contributed by atoms with Gasteiger partial charge in [-0.25, -0.2) is 15.1 Å². The van der Waals surface area contributed by atoms with E-state index in [4.69, 9.17) is 10.5 Å². The number of ether oxygens (including phenoxy) is 1. The third kappa shape index (κ3) is 4.83. The molecule has 1 aromatic carbocycles. The number of hydrazine groups is 1. The lowest BCUT2D eigenvalue weighted by Crippen LogP contribution is -2.36. The summed E-state index contributed by atoms with van der Waals surface area (Å²) in [6.07, 6.45) is 0. The van der Waals surface area contributed by atoms with Crippen LogP contribution in [0, 0.1) is 10.1 Å². The molecule has 3 N–H and O–H groups in total. The summed E-state index contributed by atoms with van der Waals surface area (Å²) in [6.45, 7) is 2.73. The Balaban J connectivity index is 2.62. The maximum absolute atomic E-state index is 10.1. The van der Waals surface area contributed by atoms with E-state index >= 15 is 0 Å². The van der Waals surface area contributed by atoms with Crippen LogP contribution in [0.1, 0.15) is 12.5 Å². The Labute approximate surface area is 98.4 Å². The van der Waals surface area contributed by atoms with Crippen LogP contribution in [0.5, 0.6) is 5.75 Å². The summed E-state index contributed by atoms with van der Waals surface area (Å²) >= 11 is 0. The lowest BCUT2D eigenvalue weighted by atomic mass is 10.2. The molecule has 0 bridgehead atoms. The van der Waals surface area contributed by atoms with E-state index in [1.807, 2.05) is 31.2 Å². The van der Waals surface area contributed by atoms with Gasteiger partial charge in [0.1, 0.15) is 5.75 Å². The number of hydrogen-bond acceptors (Lipinski definition) is 4. The molecule has 0 saturated carbocycles. The van der Waals surface area contributed by atoms with Gasteiger partial charge >= 0.3 is 0 Å². The van der Waals surface area contributed by atoms with Gasteiger partial charge in [-0.05, 0) is 24.6 Å². The van der Waals surface area contributed by atoms with E-state index in [-0.39, 0.29) is 12.5 Å². The van der Waals surface area contributed by atoms with Crippen LogP contribution < -0.4 is 15.9 Å². The predicted molar refractivity (Wildman–Crippen MR) is 63.1 cm³/mol. The summed E-state index contributed by atoms with van der Waals surface area (Å²) in [7, 11) is 0. The van der Waals surface area contributed by atoms with Gasteiger partial charge in [0, 0.05) is 0 Å². The van der Waals surface area contributed by atoms with Gasteiger partial charge in [-0.2, -0.15) is 0 Å². The van der Waals surface area contributed by atoms with Crippen LogP contribution in [0.4, 0.5) is 0 Å². The first-order chi connectivity index (χ1) is 8.11. The van der Waals surface area contributed by atoms with Gasteiger partial charge in [0.15, 0.2) is 5.03 Å². The largest absolute Gasteiger partial charge is 0.494 e. The molecule has 1 rings (SSSR count). The summed E-state index contributed by atoms with van der Waals surface area (Å²) in [5, 5.41) is 9.32. The molecule has 7 nitrogen and oxygen atoms in total. The van der Waals surface area contributed by atoms with E-state index < -0.39 is 5.03 Å². The Hall–Kier alpha value is -2.31. The molecule has 0 aromatic heterocycles. The summed E-state index contributed by atoms with van der Waals surface area (Å²) in [5.41, 5.74) is 7.92. The second-order valence-electron chi connectivity index (χ2n) is 3.15. The summed E-state index contributed by atoms with van der Waals surface area (Å²) in [5.74, 6) is 0.512. The zero-order chi connectivity index (χ0) is 12.7. The van der Waals surface area contributed by atoms with Gasteiger partial charge in [-0.15, -0.1) is 0 Å². The highest BCUT2D eigenvalue weighted by molar-refractivity contribution is 5.76. The summed E-state index contributed by atoms with van der Waals surface area (Å²) in [6, 6.07) is 7.31. The van der Waals surface area contributed by atoms with Crippen LogP contribution in [-0.2, 0) is 6.54 Å². The minimum absolute atomic E-state index is 0.225. The van der Waals surface area contributed by atoms with E-state index in [0.29, 0.717) is 6.61 Å². The first kappa shape index (κ1) is 12.8. The van der Waals surface area contributed by atoms with Crippen molar-refractivity contribution in [2.45, 2.75) is 13.5 Å². The Bertz CT molecular complexity index is 420. The number of benzene rings is 1. The smallest absolute Gasteiger partial charge is 0.251 e. The van der Waals surface area contributed by atoms with Crippen molar-refractivity contribution in [3.8, 4) is 5.75 Å². The SMILES string of the molecule is CCOc1cccc(CN=C(N)N[N+](=O)[O-])c1. The molecular formula is C10H14N4O3. The molecule has 0 unspecified atom stereocenters. The van der Waals surface area contributed by atoms with Crippen molar-refractivity contribution in [1.82, 2.24) is 5.43 Å². The van der Waals surface area contributed by atoms with Crippen LogP contribution in [0.2, 0.25) is 0 Å². The molecule has 0 atom stereocenters. The molecule has 0 fully saturated rings. The van der Waals surface area contributed by atoms with E-state index in [1.165, 1.54) is 0 Å². The van der Waals surface area contributed by atoms with Crippen molar-refractivity contribution < 1.29 is 9.77 Å². The second kappa shape index (κ2) is 6.31. The number of aliphatic imine (C=N–C) groups is 1. The molecule has 92 valence electrons. The fourth-order valence-electron chi connectivity index (χ4n) is 1.21. The van der Waals surface area contributed by atoms with Gasteiger partial charge in [0.25, 0.3) is 5.96 Å². The normalized spacial score (nSPS) is 11.0. The molecule has 17 heavy (non-hydrogen) atoms. The monoisotopic (exact) mass is 238 g/mol. The lowest BCUT2D eigenvalue weighted by Gasteiger charge is -2.04. The molecule has 1 aromatic rings. The number of nitro groups is 1. The Kier molecular flexibility index (Phi) is 4.74. The maximum Gasteiger partial charge on any atom is 0.251 e. The van der Waals surface area contributed by atoms with Crippen LogP contribution in [-0.4, -0.2) is 17.6 Å². The van der Waals surface area contributed by atoms with Gasteiger partial charge in [0.2, 0.25) is 0 Å². The average Bonchev–Trinajstić information content (AvgIpc) is 2.26. The average molecular weight is 238 g/mol. The highest BCUT2D eigenvalue weighted by Gasteiger charge is 1.99. The zero-order valence-corrected chi connectivity index (χ0v) is 9.42. The number of nitrogens with zero attached hydrogens (tertiary/aromatic N) is 2. The third-order valence-corrected chi connectivity index (χ3v) is 1.85. The number of guanidine groups is 1. The molecule has 0 aliphatic heterocycles. The van der Waals surface area contributed by atoms with Crippen molar-refractivity contribution in [3.63, 3.8) is 0 Å². The number of nitrogens with two attached hydrogens (primary N) is 1. The standard InChI is InChI=1S/C10H14N4O3/c1-2-17-9-5-3-4-8(6-9)7-12-10(11)13-14(15)16/h3-6H,2,7H2,1H3,(H3,11,12,13). The molecule has 7 heteroatoms. The topological polar surface area (TPSA) is 103 Å². The van der Waals surface area contributed by atoms with Crippen molar-refractivity contribution in [1.29, 1.82) is 0 Å². The lowest BCUT2D eigenvalue weighted by molar-refractivity contribution is -0.525.